The molecule has 22 heavy (non-hydrogen) atoms. The molecular weight excluding hydrogens is 276 g/mol. The minimum atomic E-state index is 0.209. The Morgan fingerprint density at radius 1 is 1.23 bits per heavy atom. The number of ether oxygens (including phenoxy) is 1. The van der Waals surface area contributed by atoms with Gasteiger partial charge in [0.05, 0.1) is 26.3 Å². The van der Waals surface area contributed by atoms with Crippen LogP contribution in [0, 0.1) is 12.3 Å². The smallest absolute Gasteiger partial charge is 0.192 e. The highest BCUT2D eigenvalue weighted by atomic mass is 16.5. The molecule has 5 nitrogen and oxygen atoms in total. The highest BCUT2D eigenvalue weighted by Crippen LogP contribution is 2.34. The monoisotopic (exact) mass is 306 g/mol. The summed E-state index contributed by atoms with van der Waals surface area (Å²) in [5.41, 5.74) is 0.209. The maximum absolute atomic E-state index is 5.53. The largest absolute Gasteiger partial charge is 0.379 e. The quantitative estimate of drug-likeness (QED) is 0.455. The molecule has 1 saturated carbocycles. The van der Waals surface area contributed by atoms with Crippen LogP contribution in [0.4, 0.5) is 0 Å². The van der Waals surface area contributed by atoms with Crippen molar-refractivity contribution in [2.45, 2.75) is 44.6 Å². The number of guanidine groups is 1. The average molecular weight is 306 g/mol. The van der Waals surface area contributed by atoms with Crippen molar-refractivity contribution in [1.29, 1.82) is 0 Å². The first-order valence-electron chi connectivity index (χ1n) is 8.59. The lowest BCUT2D eigenvalue weighted by Gasteiger charge is -2.47. The summed E-state index contributed by atoms with van der Waals surface area (Å²) in [6.07, 6.45) is 11.8. The Labute approximate surface area is 134 Å². The van der Waals surface area contributed by atoms with Gasteiger partial charge in [0.25, 0.3) is 0 Å². The molecule has 0 aromatic rings. The third kappa shape index (κ3) is 4.62. The van der Waals surface area contributed by atoms with E-state index in [0.29, 0.717) is 6.54 Å². The van der Waals surface area contributed by atoms with Crippen LogP contribution in [-0.2, 0) is 4.74 Å². The molecule has 0 aromatic heterocycles. The summed E-state index contributed by atoms with van der Waals surface area (Å²) in [4.78, 5) is 7.45. The van der Waals surface area contributed by atoms with Crippen LogP contribution < -0.4 is 10.6 Å². The lowest BCUT2D eigenvalue weighted by molar-refractivity contribution is -0.0333. The van der Waals surface area contributed by atoms with Crippen LogP contribution in [0.25, 0.3) is 0 Å². The highest BCUT2D eigenvalue weighted by molar-refractivity contribution is 5.80. The second-order valence-corrected chi connectivity index (χ2v) is 6.14. The molecule has 0 bridgehead atoms. The molecule has 0 aromatic carbocycles. The maximum atomic E-state index is 5.53. The summed E-state index contributed by atoms with van der Waals surface area (Å²) in [5.74, 6) is 3.44. The van der Waals surface area contributed by atoms with E-state index in [1.807, 2.05) is 0 Å². The highest BCUT2D eigenvalue weighted by Gasteiger charge is 2.38. The topological polar surface area (TPSA) is 48.9 Å². The third-order valence-corrected chi connectivity index (χ3v) is 4.70. The first kappa shape index (κ1) is 17.1. The molecule has 1 saturated heterocycles. The third-order valence-electron chi connectivity index (χ3n) is 4.70. The standard InChI is InChI=1S/C17H30N4O/c1-3-10-19-16(18-4-2)20-15-17(8-6-5-7-9-17)21-11-13-22-14-12-21/h1H,4-15H2,2H3,(H2,18,19,20). The minimum absolute atomic E-state index is 0.209. The molecule has 0 radical (unpaired) electrons. The maximum Gasteiger partial charge on any atom is 0.192 e. The molecule has 0 atom stereocenters. The van der Waals surface area contributed by atoms with E-state index in [-0.39, 0.29) is 5.54 Å². The summed E-state index contributed by atoms with van der Waals surface area (Å²) in [7, 11) is 0. The van der Waals surface area contributed by atoms with Gasteiger partial charge in [0.1, 0.15) is 0 Å². The zero-order chi connectivity index (χ0) is 15.7. The van der Waals surface area contributed by atoms with E-state index in [0.717, 1.165) is 45.4 Å². The number of hydrogen-bond acceptors (Lipinski definition) is 3. The molecule has 5 heteroatoms. The first-order chi connectivity index (χ1) is 10.8. The van der Waals surface area contributed by atoms with Crippen molar-refractivity contribution in [1.82, 2.24) is 15.5 Å². The van der Waals surface area contributed by atoms with Crippen molar-refractivity contribution in [2.75, 3.05) is 45.9 Å². The number of rotatable bonds is 5. The lowest BCUT2D eigenvalue weighted by atomic mass is 9.80. The first-order valence-corrected chi connectivity index (χ1v) is 8.59. The van der Waals surface area contributed by atoms with E-state index in [9.17, 15) is 0 Å². The Balaban J connectivity index is 2.05. The zero-order valence-electron chi connectivity index (χ0n) is 13.9. The van der Waals surface area contributed by atoms with E-state index < -0.39 is 0 Å². The van der Waals surface area contributed by atoms with Crippen LogP contribution in [0.3, 0.4) is 0 Å². The minimum Gasteiger partial charge on any atom is -0.379 e. The van der Waals surface area contributed by atoms with Crippen LogP contribution in [0.5, 0.6) is 0 Å². The van der Waals surface area contributed by atoms with Gasteiger partial charge in [0.2, 0.25) is 0 Å². The van der Waals surface area contributed by atoms with Gasteiger partial charge in [0, 0.05) is 25.2 Å². The molecule has 2 aliphatic rings. The summed E-state index contributed by atoms with van der Waals surface area (Å²) >= 11 is 0. The Morgan fingerprint density at radius 2 is 1.95 bits per heavy atom. The van der Waals surface area contributed by atoms with Gasteiger partial charge in [-0.05, 0) is 19.8 Å². The lowest BCUT2D eigenvalue weighted by Crippen LogP contribution is -2.56. The van der Waals surface area contributed by atoms with E-state index in [4.69, 9.17) is 16.2 Å². The molecule has 2 fully saturated rings. The average Bonchev–Trinajstić information content (AvgIpc) is 2.59. The fourth-order valence-electron chi connectivity index (χ4n) is 3.52. The van der Waals surface area contributed by atoms with Crippen molar-refractivity contribution < 1.29 is 4.74 Å². The molecule has 1 heterocycles. The van der Waals surface area contributed by atoms with Gasteiger partial charge in [-0.25, -0.2) is 0 Å². The summed E-state index contributed by atoms with van der Waals surface area (Å²) in [6, 6.07) is 0. The van der Waals surface area contributed by atoms with Gasteiger partial charge in [-0.2, -0.15) is 0 Å². The predicted molar refractivity (Wildman–Crippen MR) is 91.0 cm³/mol. The van der Waals surface area contributed by atoms with Gasteiger partial charge in [-0.3, -0.25) is 9.89 Å². The van der Waals surface area contributed by atoms with E-state index in [2.05, 4.69) is 28.4 Å². The summed E-state index contributed by atoms with van der Waals surface area (Å²) in [6.45, 7) is 8.03. The number of morpholine rings is 1. The van der Waals surface area contributed by atoms with E-state index in [1.165, 1.54) is 32.1 Å². The molecule has 2 rings (SSSR count). The molecule has 0 spiro atoms. The molecule has 2 N–H and O–H groups in total. The summed E-state index contributed by atoms with van der Waals surface area (Å²) < 4.78 is 5.53. The fourth-order valence-corrected chi connectivity index (χ4v) is 3.52. The van der Waals surface area contributed by atoms with Crippen LogP contribution in [0.15, 0.2) is 4.99 Å². The Hall–Kier alpha value is -1.25. The van der Waals surface area contributed by atoms with Crippen molar-refractivity contribution in [3.63, 3.8) is 0 Å². The molecule has 0 unspecified atom stereocenters. The molecule has 124 valence electrons. The van der Waals surface area contributed by atoms with Crippen molar-refractivity contribution in [2.24, 2.45) is 4.99 Å². The molecular formula is C17H30N4O. The second kappa shape index (κ2) is 9.02. The normalized spacial score (nSPS) is 22.8. The van der Waals surface area contributed by atoms with Crippen LogP contribution in [-0.4, -0.2) is 62.3 Å². The summed E-state index contributed by atoms with van der Waals surface area (Å²) in [5, 5.41) is 6.47. The Bertz CT molecular complexity index is 390. The van der Waals surface area contributed by atoms with Gasteiger partial charge in [-0.15, -0.1) is 6.42 Å². The Morgan fingerprint density at radius 3 is 2.59 bits per heavy atom. The van der Waals surface area contributed by atoms with Crippen molar-refractivity contribution >= 4 is 5.96 Å². The molecule has 1 aliphatic heterocycles. The zero-order valence-corrected chi connectivity index (χ0v) is 13.9. The predicted octanol–water partition coefficient (Wildman–Crippen LogP) is 1.21. The number of aliphatic imine (C=N–C) groups is 1. The van der Waals surface area contributed by atoms with Crippen molar-refractivity contribution in [3.05, 3.63) is 0 Å². The Kier molecular flexibility index (Phi) is 7.01. The molecule has 1 aliphatic carbocycles. The van der Waals surface area contributed by atoms with Crippen LogP contribution in [0.2, 0.25) is 0 Å². The number of hydrogen-bond donors (Lipinski definition) is 2. The van der Waals surface area contributed by atoms with Gasteiger partial charge in [-0.1, -0.05) is 25.2 Å². The van der Waals surface area contributed by atoms with Gasteiger partial charge >= 0.3 is 0 Å². The van der Waals surface area contributed by atoms with E-state index in [1.54, 1.807) is 0 Å². The van der Waals surface area contributed by atoms with Gasteiger partial charge < -0.3 is 15.4 Å². The number of nitrogens with one attached hydrogen (secondary N) is 2. The fraction of sp³-hybridized carbons (Fsp3) is 0.824. The van der Waals surface area contributed by atoms with Gasteiger partial charge in [0.15, 0.2) is 5.96 Å². The van der Waals surface area contributed by atoms with Crippen LogP contribution in [0.1, 0.15) is 39.0 Å². The molecule has 0 amide bonds. The second-order valence-electron chi connectivity index (χ2n) is 6.14. The SMILES string of the molecule is C#CCNC(=NCC1(N2CCOCC2)CCCCC1)NCC. The van der Waals surface area contributed by atoms with Crippen LogP contribution >= 0.6 is 0 Å². The number of nitrogens with zero attached hydrogens (tertiary/aromatic N) is 2. The number of terminal acetylenes is 1. The van der Waals surface area contributed by atoms with Crippen molar-refractivity contribution in [3.8, 4) is 12.3 Å². The van der Waals surface area contributed by atoms with E-state index >= 15 is 0 Å².